The van der Waals surface area contributed by atoms with E-state index >= 15 is 0 Å². The molecule has 7 heteroatoms. The van der Waals surface area contributed by atoms with Crippen LogP contribution in [0.3, 0.4) is 0 Å². The van der Waals surface area contributed by atoms with Gasteiger partial charge in [-0.25, -0.2) is 0 Å². The highest BCUT2D eigenvalue weighted by Gasteiger charge is 2.39. The second-order valence-electron chi connectivity index (χ2n) is 7.81. The molecule has 2 aliphatic heterocycles. The number of likely N-dealkylation sites (tertiary alicyclic amines) is 2. The van der Waals surface area contributed by atoms with Gasteiger partial charge in [0.1, 0.15) is 12.4 Å². The summed E-state index contributed by atoms with van der Waals surface area (Å²) in [6.07, 6.45) is 0. The Bertz CT molecular complexity index is 620. The largest absolute Gasteiger partial charge is 0.492 e. The molecule has 0 radical (unpaired) electrons. The number of fused-ring (bicyclic) bond motifs is 1. The summed E-state index contributed by atoms with van der Waals surface area (Å²) in [5, 5.41) is 8.83. The number of nitriles is 1. The summed E-state index contributed by atoms with van der Waals surface area (Å²) in [6.45, 7) is 9.04. The van der Waals surface area contributed by atoms with Crippen molar-refractivity contribution in [2.45, 2.75) is 6.04 Å². The van der Waals surface area contributed by atoms with E-state index in [4.69, 9.17) is 25.2 Å². The number of hydrogen-bond donors (Lipinski definition) is 1. The smallest absolute Gasteiger partial charge is 0.119 e. The van der Waals surface area contributed by atoms with Crippen LogP contribution in [0.2, 0.25) is 0 Å². The van der Waals surface area contributed by atoms with Gasteiger partial charge in [0, 0.05) is 46.4 Å². The highest BCUT2D eigenvalue weighted by atomic mass is 16.5. The van der Waals surface area contributed by atoms with Gasteiger partial charge in [0.2, 0.25) is 0 Å². The van der Waals surface area contributed by atoms with Gasteiger partial charge in [-0.3, -0.25) is 0 Å². The molecule has 0 saturated carbocycles. The minimum absolute atomic E-state index is 0.0141. The van der Waals surface area contributed by atoms with Gasteiger partial charge in [-0.15, -0.1) is 0 Å². The summed E-state index contributed by atoms with van der Waals surface area (Å²) >= 11 is 0. The Labute approximate surface area is 167 Å². The number of benzene rings is 1. The minimum Gasteiger partial charge on any atom is -0.492 e. The van der Waals surface area contributed by atoms with Crippen molar-refractivity contribution in [3.63, 3.8) is 0 Å². The van der Waals surface area contributed by atoms with E-state index in [2.05, 4.69) is 15.9 Å². The monoisotopic (exact) mass is 388 g/mol. The van der Waals surface area contributed by atoms with Crippen LogP contribution < -0.4 is 10.5 Å². The zero-order valence-corrected chi connectivity index (χ0v) is 16.8. The zero-order chi connectivity index (χ0) is 19.8. The third-order valence-corrected chi connectivity index (χ3v) is 5.56. The van der Waals surface area contributed by atoms with E-state index in [0.717, 1.165) is 63.5 Å². The maximum Gasteiger partial charge on any atom is 0.119 e. The number of nitrogens with zero attached hydrogens (tertiary/aromatic N) is 3. The van der Waals surface area contributed by atoms with Crippen LogP contribution in [0.1, 0.15) is 5.56 Å². The molecule has 3 atom stereocenters. The van der Waals surface area contributed by atoms with E-state index in [1.54, 1.807) is 19.2 Å². The van der Waals surface area contributed by atoms with Crippen molar-refractivity contribution in [2.24, 2.45) is 17.6 Å². The Balaban J connectivity index is 1.30. The molecule has 0 aromatic heterocycles. The van der Waals surface area contributed by atoms with Gasteiger partial charge >= 0.3 is 0 Å². The summed E-state index contributed by atoms with van der Waals surface area (Å²) in [5.74, 6) is 2.24. The fraction of sp³-hybridized carbons (Fsp3) is 0.667. The summed E-state index contributed by atoms with van der Waals surface area (Å²) in [7, 11) is 1.70. The average Bonchev–Trinajstić information content (AvgIpc) is 3.24. The molecule has 7 nitrogen and oxygen atoms in total. The zero-order valence-electron chi connectivity index (χ0n) is 16.8. The summed E-state index contributed by atoms with van der Waals surface area (Å²) in [6, 6.07) is 9.25. The molecule has 2 N–H and O–H groups in total. The van der Waals surface area contributed by atoms with Crippen LogP contribution >= 0.6 is 0 Å². The molecule has 2 aliphatic rings. The van der Waals surface area contributed by atoms with Crippen LogP contribution in [0.4, 0.5) is 0 Å². The molecule has 0 aliphatic carbocycles. The normalized spacial score (nSPS) is 23.5. The fourth-order valence-electron chi connectivity index (χ4n) is 4.17. The lowest BCUT2D eigenvalue weighted by molar-refractivity contribution is 0.0588. The maximum absolute atomic E-state index is 8.83. The van der Waals surface area contributed by atoms with Crippen LogP contribution in [-0.4, -0.2) is 88.6 Å². The van der Waals surface area contributed by atoms with Gasteiger partial charge in [0.15, 0.2) is 0 Å². The van der Waals surface area contributed by atoms with Crippen LogP contribution in [0.15, 0.2) is 24.3 Å². The Hall–Kier alpha value is -1.69. The van der Waals surface area contributed by atoms with Crippen molar-refractivity contribution in [2.75, 3.05) is 72.8 Å². The summed E-state index contributed by atoms with van der Waals surface area (Å²) < 4.78 is 16.3. The standard InChI is InChI=1S/C21H32N4O3/c1-26-8-9-27-7-6-24-11-18-13-25(14-19(18)12-24)15-20(23)16-28-21-4-2-17(10-22)3-5-21/h2-5,18-20H,6-9,11-16,23H2,1H3/t18?,19?,20-/m0/s1. The Morgan fingerprint density at radius 1 is 1.07 bits per heavy atom. The van der Waals surface area contributed by atoms with Crippen LogP contribution in [-0.2, 0) is 9.47 Å². The molecule has 0 bridgehead atoms. The van der Waals surface area contributed by atoms with Crippen LogP contribution in [0, 0.1) is 23.2 Å². The molecule has 28 heavy (non-hydrogen) atoms. The second-order valence-corrected chi connectivity index (χ2v) is 7.81. The van der Waals surface area contributed by atoms with E-state index in [9.17, 15) is 0 Å². The highest BCUT2D eigenvalue weighted by molar-refractivity contribution is 5.34. The molecule has 1 aromatic carbocycles. The summed E-state index contributed by atoms with van der Waals surface area (Å²) in [4.78, 5) is 5.00. The van der Waals surface area contributed by atoms with E-state index in [1.807, 2.05) is 12.1 Å². The maximum atomic E-state index is 8.83. The predicted molar refractivity (Wildman–Crippen MR) is 107 cm³/mol. The lowest BCUT2D eigenvalue weighted by Crippen LogP contribution is -2.41. The van der Waals surface area contributed by atoms with Crippen LogP contribution in [0.25, 0.3) is 0 Å². The first-order valence-electron chi connectivity index (χ1n) is 10.1. The summed E-state index contributed by atoms with van der Waals surface area (Å²) in [5.41, 5.74) is 6.92. The molecule has 2 unspecified atom stereocenters. The quantitative estimate of drug-likeness (QED) is 0.561. The average molecular weight is 389 g/mol. The number of hydrogen-bond acceptors (Lipinski definition) is 7. The SMILES string of the molecule is COCCOCCN1CC2CN(C[C@H](N)COc3ccc(C#N)cc3)CC2C1. The van der Waals surface area contributed by atoms with E-state index in [0.29, 0.717) is 25.4 Å². The Morgan fingerprint density at radius 3 is 2.39 bits per heavy atom. The predicted octanol–water partition coefficient (Wildman–Crippen LogP) is 0.791. The van der Waals surface area contributed by atoms with Crippen molar-refractivity contribution < 1.29 is 14.2 Å². The molecule has 2 saturated heterocycles. The van der Waals surface area contributed by atoms with Gasteiger partial charge in [-0.1, -0.05) is 0 Å². The van der Waals surface area contributed by atoms with Gasteiger partial charge < -0.3 is 29.7 Å². The first kappa shape index (κ1) is 21.0. The fourth-order valence-corrected chi connectivity index (χ4v) is 4.17. The molecule has 0 amide bonds. The highest BCUT2D eigenvalue weighted by Crippen LogP contribution is 2.30. The molecule has 0 spiro atoms. The van der Waals surface area contributed by atoms with E-state index in [1.165, 1.54) is 0 Å². The first-order valence-corrected chi connectivity index (χ1v) is 10.1. The van der Waals surface area contributed by atoms with Gasteiger partial charge in [-0.2, -0.15) is 5.26 Å². The molecule has 154 valence electrons. The molecule has 3 rings (SSSR count). The molecule has 2 heterocycles. The van der Waals surface area contributed by atoms with E-state index in [-0.39, 0.29) is 6.04 Å². The lowest BCUT2D eigenvalue weighted by Gasteiger charge is -2.24. The lowest BCUT2D eigenvalue weighted by atomic mass is 10.0. The molecular weight excluding hydrogens is 356 g/mol. The topological polar surface area (TPSA) is 84.0 Å². The number of rotatable bonds is 11. The Kier molecular flexibility index (Phi) is 8.07. The molecule has 1 aromatic rings. The van der Waals surface area contributed by atoms with E-state index < -0.39 is 0 Å². The number of methoxy groups -OCH3 is 1. The first-order chi connectivity index (χ1) is 13.7. The third-order valence-electron chi connectivity index (χ3n) is 5.56. The third kappa shape index (κ3) is 6.16. The van der Waals surface area contributed by atoms with Crippen molar-refractivity contribution in [1.82, 2.24) is 9.80 Å². The number of ether oxygens (including phenoxy) is 3. The number of nitrogens with two attached hydrogens (primary N) is 1. The van der Waals surface area contributed by atoms with Gasteiger partial charge in [0.05, 0.1) is 37.5 Å². The second kappa shape index (κ2) is 10.7. The van der Waals surface area contributed by atoms with Crippen molar-refractivity contribution in [1.29, 1.82) is 5.26 Å². The van der Waals surface area contributed by atoms with Crippen LogP contribution in [0.5, 0.6) is 5.75 Å². The van der Waals surface area contributed by atoms with Crippen molar-refractivity contribution in [3.05, 3.63) is 29.8 Å². The van der Waals surface area contributed by atoms with Gasteiger partial charge in [-0.05, 0) is 36.1 Å². The van der Waals surface area contributed by atoms with Crippen molar-refractivity contribution in [3.8, 4) is 11.8 Å². The Morgan fingerprint density at radius 2 is 1.75 bits per heavy atom. The van der Waals surface area contributed by atoms with Gasteiger partial charge in [0.25, 0.3) is 0 Å². The minimum atomic E-state index is -0.0141. The van der Waals surface area contributed by atoms with Crippen molar-refractivity contribution >= 4 is 0 Å². The molecule has 2 fully saturated rings. The molecular formula is C21H32N4O3.